The molecule has 11 heteroatoms. The van der Waals surface area contributed by atoms with Gasteiger partial charge in [0.05, 0.1) is 23.9 Å². The molecule has 10 nitrogen and oxygen atoms in total. The van der Waals surface area contributed by atoms with Gasteiger partial charge in [0.15, 0.2) is 11.5 Å². The monoisotopic (exact) mass is 578 g/mol. The van der Waals surface area contributed by atoms with Gasteiger partial charge in [0, 0.05) is 44.2 Å². The Morgan fingerprint density at radius 1 is 0.977 bits per heavy atom. The molecule has 0 aliphatic rings. The van der Waals surface area contributed by atoms with Gasteiger partial charge in [-0.3, -0.25) is 14.2 Å². The van der Waals surface area contributed by atoms with Crippen LogP contribution in [0.2, 0.25) is 0 Å². The lowest BCUT2D eigenvalue weighted by molar-refractivity contribution is 0.0990. The lowest BCUT2D eigenvalue weighted by Crippen LogP contribution is -2.41. The first-order valence-electron chi connectivity index (χ1n) is 13.6. The van der Waals surface area contributed by atoms with Crippen molar-refractivity contribution < 1.29 is 13.9 Å². The lowest BCUT2D eigenvalue weighted by Gasteiger charge is -2.13. The van der Waals surface area contributed by atoms with Crippen molar-refractivity contribution in [3.63, 3.8) is 0 Å². The van der Waals surface area contributed by atoms with E-state index in [0.717, 1.165) is 39.0 Å². The smallest absolute Gasteiger partial charge is 0.335 e. The van der Waals surface area contributed by atoms with Crippen LogP contribution < -0.4 is 16.0 Å². The summed E-state index contributed by atoms with van der Waals surface area (Å²) in [5, 5.41) is 4.37. The summed E-state index contributed by atoms with van der Waals surface area (Å²) in [6.07, 6.45) is 8.44. The number of halogens is 1. The molecule has 0 unspecified atom stereocenters. The minimum atomic E-state index is -0.749. The van der Waals surface area contributed by atoms with E-state index in [2.05, 4.69) is 10.1 Å². The minimum absolute atomic E-state index is 0.0657. The second-order valence-corrected chi connectivity index (χ2v) is 10.2. The number of fused-ring (bicyclic) bond motifs is 1. The van der Waals surface area contributed by atoms with Crippen molar-refractivity contribution in [1.82, 2.24) is 28.3 Å². The van der Waals surface area contributed by atoms with Crippen LogP contribution in [0.25, 0.3) is 22.5 Å². The van der Waals surface area contributed by atoms with Crippen molar-refractivity contribution in [3.8, 4) is 28.4 Å². The fourth-order valence-electron chi connectivity index (χ4n) is 4.95. The Morgan fingerprint density at radius 3 is 2.47 bits per heavy atom. The Labute approximate surface area is 244 Å². The molecule has 0 bridgehead atoms. The second kappa shape index (κ2) is 11.0. The van der Waals surface area contributed by atoms with E-state index in [4.69, 9.17) is 4.74 Å². The average Bonchev–Trinajstić information content (AvgIpc) is 3.65. The highest BCUT2D eigenvalue weighted by Crippen LogP contribution is 2.32. The summed E-state index contributed by atoms with van der Waals surface area (Å²) in [5.74, 6) is 0.240. The van der Waals surface area contributed by atoms with Crippen molar-refractivity contribution in [2.24, 2.45) is 7.05 Å². The Kier molecular flexibility index (Phi) is 7.06. The maximum absolute atomic E-state index is 13.5. The quantitative estimate of drug-likeness (QED) is 0.242. The zero-order valence-electron chi connectivity index (χ0n) is 23.7. The second-order valence-electron chi connectivity index (χ2n) is 10.2. The fraction of sp³-hybridized carbons (Fsp3) is 0.156. The minimum Gasteiger partial charge on any atom is -0.455 e. The van der Waals surface area contributed by atoms with Gasteiger partial charge in [-0.2, -0.15) is 5.10 Å². The van der Waals surface area contributed by atoms with Gasteiger partial charge in [-0.15, -0.1) is 0 Å². The van der Waals surface area contributed by atoms with Crippen molar-refractivity contribution >= 4 is 11.3 Å². The Balaban J connectivity index is 1.29. The summed E-state index contributed by atoms with van der Waals surface area (Å²) < 4.78 is 25.6. The molecule has 4 aromatic heterocycles. The zero-order valence-corrected chi connectivity index (χ0v) is 23.7. The fourth-order valence-corrected chi connectivity index (χ4v) is 4.95. The summed E-state index contributed by atoms with van der Waals surface area (Å²) in [6.45, 7) is 3.86. The van der Waals surface area contributed by atoms with Gasteiger partial charge in [0.1, 0.15) is 22.6 Å². The number of carbonyl (C=O) groups is 1. The van der Waals surface area contributed by atoms with E-state index in [1.807, 2.05) is 49.1 Å². The first kappa shape index (κ1) is 27.6. The molecule has 0 amide bonds. The van der Waals surface area contributed by atoms with Crippen molar-refractivity contribution in [2.45, 2.75) is 26.8 Å². The number of ketones is 1. The van der Waals surface area contributed by atoms with Crippen LogP contribution in [0.5, 0.6) is 11.5 Å². The zero-order chi connectivity index (χ0) is 30.2. The molecule has 6 aromatic rings. The summed E-state index contributed by atoms with van der Waals surface area (Å²) in [5.41, 5.74) is 2.56. The highest BCUT2D eigenvalue weighted by atomic mass is 19.1. The summed E-state index contributed by atoms with van der Waals surface area (Å²) in [7, 11) is 1.90. The molecular formula is C32H27FN6O4. The molecular weight excluding hydrogens is 551 g/mol. The number of imidazole rings is 1. The van der Waals surface area contributed by atoms with Crippen LogP contribution in [0, 0.1) is 12.7 Å². The van der Waals surface area contributed by atoms with Crippen LogP contribution in [0.15, 0.2) is 95.3 Å². The Morgan fingerprint density at radius 2 is 1.77 bits per heavy atom. The molecule has 0 N–H and O–H groups in total. The molecule has 2 aromatic carbocycles. The predicted octanol–water partition coefficient (Wildman–Crippen LogP) is 4.73. The number of aryl methyl sites for hydroxylation is 3. The molecule has 0 spiro atoms. The van der Waals surface area contributed by atoms with E-state index >= 15 is 0 Å². The van der Waals surface area contributed by atoms with E-state index in [1.165, 1.54) is 22.9 Å². The molecule has 0 aliphatic carbocycles. The average molecular weight is 579 g/mol. The van der Waals surface area contributed by atoms with Gasteiger partial charge in [-0.1, -0.05) is 12.1 Å². The number of rotatable bonds is 8. The largest absolute Gasteiger partial charge is 0.455 e. The molecule has 4 heterocycles. The van der Waals surface area contributed by atoms with Crippen molar-refractivity contribution in [2.75, 3.05) is 0 Å². The normalized spacial score (nSPS) is 11.3. The SMILES string of the molecule is CCn1cc(C(=O)Cc2ccc(Oc3cc(-c4cn(C)cn4)cn4nccc34)c(C)c2)c(=O)n(-c2ccc(F)cc2)c1=O. The molecule has 216 valence electrons. The maximum atomic E-state index is 13.5. The number of hydrogen-bond acceptors (Lipinski definition) is 6. The highest BCUT2D eigenvalue weighted by molar-refractivity contribution is 5.97. The standard InChI is InChI=1S/C32H27FN6O4/c1-4-37-17-25(31(41)39(32(37)42)24-8-6-23(33)7-9-24)28(40)14-21-5-10-29(20(2)13-21)43-30-15-22(26-18-36(3)19-34-26)16-38-27(30)11-12-35-38/h5-13,15-19H,4,14H2,1-3H3. The topological polar surface area (TPSA) is 105 Å². The number of ether oxygens (including phenoxy) is 1. The van der Waals surface area contributed by atoms with E-state index in [9.17, 15) is 18.8 Å². The van der Waals surface area contributed by atoms with E-state index in [1.54, 1.807) is 36.1 Å². The summed E-state index contributed by atoms with van der Waals surface area (Å²) in [4.78, 5) is 44.1. The van der Waals surface area contributed by atoms with Gasteiger partial charge in [0.25, 0.3) is 5.56 Å². The molecule has 0 aliphatic heterocycles. The van der Waals surface area contributed by atoms with E-state index in [-0.39, 0.29) is 24.2 Å². The first-order chi connectivity index (χ1) is 20.7. The van der Waals surface area contributed by atoms with Crippen LogP contribution in [-0.2, 0) is 20.0 Å². The molecule has 0 saturated carbocycles. The molecule has 43 heavy (non-hydrogen) atoms. The van der Waals surface area contributed by atoms with Crippen LogP contribution in [0.1, 0.15) is 28.4 Å². The van der Waals surface area contributed by atoms with Gasteiger partial charge in [0.2, 0.25) is 0 Å². The van der Waals surface area contributed by atoms with E-state index < -0.39 is 22.8 Å². The maximum Gasteiger partial charge on any atom is 0.335 e. The molecule has 0 radical (unpaired) electrons. The van der Waals surface area contributed by atoms with Gasteiger partial charge in [-0.05, 0) is 67.4 Å². The van der Waals surface area contributed by atoms with Crippen molar-refractivity contribution in [1.29, 1.82) is 0 Å². The summed E-state index contributed by atoms with van der Waals surface area (Å²) >= 11 is 0. The number of Topliss-reactive ketones (excluding diaryl/α,β-unsaturated/α-hetero) is 1. The lowest BCUT2D eigenvalue weighted by atomic mass is 10.0. The number of carbonyl (C=O) groups excluding carboxylic acids is 1. The first-order valence-corrected chi connectivity index (χ1v) is 13.6. The third-order valence-electron chi connectivity index (χ3n) is 7.18. The summed E-state index contributed by atoms with van der Waals surface area (Å²) in [6, 6.07) is 14.1. The van der Waals surface area contributed by atoms with Crippen LogP contribution in [0.4, 0.5) is 4.39 Å². The Hall–Kier alpha value is -5.58. The van der Waals surface area contributed by atoms with Crippen LogP contribution in [0.3, 0.4) is 0 Å². The number of benzene rings is 2. The molecule has 0 saturated heterocycles. The Bertz CT molecular complexity index is 2120. The van der Waals surface area contributed by atoms with Crippen LogP contribution >= 0.6 is 0 Å². The van der Waals surface area contributed by atoms with Gasteiger partial charge in [-0.25, -0.2) is 23.3 Å². The number of nitrogens with zero attached hydrogens (tertiary/aromatic N) is 6. The van der Waals surface area contributed by atoms with Gasteiger partial charge >= 0.3 is 5.69 Å². The number of aromatic nitrogens is 6. The number of hydrogen-bond donors (Lipinski definition) is 0. The highest BCUT2D eigenvalue weighted by Gasteiger charge is 2.19. The third kappa shape index (κ3) is 5.28. The van der Waals surface area contributed by atoms with E-state index in [0.29, 0.717) is 17.1 Å². The third-order valence-corrected chi connectivity index (χ3v) is 7.18. The van der Waals surface area contributed by atoms with Gasteiger partial charge < -0.3 is 9.30 Å². The molecule has 0 fully saturated rings. The predicted molar refractivity (Wildman–Crippen MR) is 159 cm³/mol. The van der Waals surface area contributed by atoms with Crippen LogP contribution in [-0.4, -0.2) is 34.1 Å². The molecule has 6 rings (SSSR count). The van der Waals surface area contributed by atoms with Crippen molar-refractivity contribution in [3.05, 3.63) is 129 Å². The molecule has 0 atom stereocenters. The number of pyridine rings is 1.